The summed E-state index contributed by atoms with van der Waals surface area (Å²) in [5.74, 6) is -3.59. The van der Waals surface area contributed by atoms with Crippen molar-refractivity contribution in [3.05, 3.63) is 82.9 Å². The summed E-state index contributed by atoms with van der Waals surface area (Å²) >= 11 is 0. The Labute approximate surface area is 193 Å². The van der Waals surface area contributed by atoms with Gasteiger partial charge in [0.15, 0.2) is 0 Å². The van der Waals surface area contributed by atoms with Crippen molar-refractivity contribution < 1.29 is 38.2 Å². The van der Waals surface area contributed by atoms with Crippen molar-refractivity contribution in [2.75, 3.05) is 26.3 Å². The highest BCUT2D eigenvalue weighted by Gasteiger charge is 2.35. The van der Waals surface area contributed by atoms with Gasteiger partial charge in [0.05, 0.1) is 35.3 Å². The van der Waals surface area contributed by atoms with Gasteiger partial charge in [-0.25, -0.2) is 9.59 Å². The lowest BCUT2D eigenvalue weighted by molar-refractivity contribution is -0.140. The van der Waals surface area contributed by atoms with Crippen molar-refractivity contribution in [2.24, 2.45) is 0 Å². The van der Waals surface area contributed by atoms with Crippen LogP contribution in [0.25, 0.3) is 0 Å². The Hall–Kier alpha value is -4.60. The Kier molecular flexibility index (Phi) is 6.30. The third-order valence-corrected chi connectivity index (χ3v) is 5.23. The molecule has 0 atom stereocenters. The maximum atomic E-state index is 12.2. The van der Waals surface area contributed by atoms with E-state index in [2.05, 4.69) is 0 Å². The molecule has 34 heavy (non-hydrogen) atoms. The van der Waals surface area contributed by atoms with Crippen LogP contribution in [-0.2, 0) is 19.1 Å². The molecule has 2 aliphatic heterocycles. The average molecular weight is 462 g/mol. The number of ether oxygens (including phenoxy) is 2. The van der Waals surface area contributed by atoms with Crippen LogP contribution < -0.4 is 0 Å². The van der Waals surface area contributed by atoms with Gasteiger partial charge in [0.2, 0.25) is 0 Å². The zero-order chi connectivity index (χ0) is 24.2. The number of nitrogens with zero attached hydrogens (tertiary/aromatic N) is 2. The summed E-state index contributed by atoms with van der Waals surface area (Å²) in [7, 11) is 0. The molecule has 2 aliphatic rings. The first-order chi connectivity index (χ1) is 16.4. The number of rotatable bonds is 8. The Morgan fingerprint density at radius 1 is 0.588 bits per heavy atom. The summed E-state index contributed by atoms with van der Waals surface area (Å²) in [5, 5.41) is 0. The fourth-order valence-corrected chi connectivity index (χ4v) is 3.59. The lowest BCUT2D eigenvalue weighted by Gasteiger charge is -2.13. The van der Waals surface area contributed by atoms with Crippen LogP contribution in [0.3, 0.4) is 0 Å². The summed E-state index contributed by atoms with van der Waals surface area (Å²) in [6.45, 7) is -0.750. The molecule has 10 heteroatoms. The van der Waals surface area contributed by atoms with E-state index < -0.39 is 35.6 Å². The average Bonchev–Trinajstić information content (AvgIpc) is 3.23. The van der Waals surface area contributed by atoms with Crippen molar-refractivity contribution in [1.29, 1.82) is 0 Å². The summed E-state index contributed by atoms with van der Waals surface area (Å²) in [6, 6.07) is 12.8. The van der Waals surface area contributed by atoms with Gasteiger partial charge in [0, 0.05) is 12.2 Å². The molecule has 172 valence electrons. The molecule has 0 aliphatic carbocycles. The number of carbonyl (C=O) groups excluding carboxylic acids is 6. The third-order valence-electron chi connectivity index (χ3n) is 5.23. The van der Waals surface area contributed by atoms with E-state index in [1.165, 1.54) is 0 Å². The largest absolute Gasteiger partial charge is 0.461 e. The number of carbonyl (C=O) groups is 6. The summed E-state index contributed by atoms with van der Waals surface area (Å²) < 4.78 is 9.84. The molecule has 10 nitrogen and oxygen atoms in total. The van der Waals surface area contributed by atoms with E-state index >= 15 is 0 Å². The van der Waals surface area contributed by atoms with E-state index in [4.69, 9.17) is 9.47 Å². The van der Waals surface area contributed by atoms with Gasteiger partial charge < -0.3 is 9.47 Å². The second kappa shape index (κ2) is 9.49. The maximum absolute atomic E-state index is 12.2. The van der Waals surface area contributed by atoms with Gasteiger partial charge in [-0.3, -0.25) is 29.0 Å². The molecule has 4 amide bonds. The maximum Gasteiger partial charge on any atom is 0.331 e. The molecule has 0 fully saturated rings. The summed E-state index contributed by atoms with van der Waals surface area (Å²) in [6.07, 6.45) is 1.68. The fraction of sp³-hybridized carbons (Fsp3) is 0.167. The van der Waals surface area contributed by atoms with Crippen LogP contribution in [0.4, 0.5) is 0 Å². The fourth-order valence-electron chi connectivity index (χ4n) is 3.59. The highest BCUT2D eigenvalue weighted by molar-refractivity contribution is 6.22. The zero-order valence-electron chi connectivity index (χ0n) is 17.8. The predicted octanol–water partition coefficient (Wildman–Crippen LogP) is 1.22. The number of hydrogen-bond acceptors (Lipinski definition) is 8. The monoisotopic (exact) mass is 462 g/mol. The number of imide groups is 2. The SMILES string of the molecule is O=C(C=CC(=O)OCCN1C(=O)c2ccccc2C1=O)OCCN1C(=O)c2ccccc2C1=O. The van der Waals surface area contributed by atoms with E-state index in [1.807, 2.05) is 0 Å². The van der Waals surface area contributed by atoms with Crippen molar-refractivity contribution in [3.63, 3.8) is 0 Å². The highest BCUT2D eigenvalue weighted by atomic mass is 16.5. The van der Waals surface area contributed by atoms with Crippen molar-refractivity contribution >= 4 is 35.6 Å². The van der Waals surface area contributed by atoms with Crippen LogP contribution in [0.5, 0.6) is 0 Å². The molecule has 0 radical (unpaired) electrons. The molecule has 0 saturated heterocycles. The van der Waals surface area contributed by atoms with E-state index in [-0.39, 0.29) is 26.3 Å². The first kappa shape index (κ1) is 22.6. The van der Waals surface area contributed by atoms with Gasteiger partial charge in [0.25, 0.3) is 23.6 Å². The van der Waals surface area contributed by atoms with Gasteiger partial charge >= 0.3 is 11.9 Å². The molecular weight excluding hydrogens is 444 g/mol. The second-order valence-corrected chi connectivity index (χ2v) is 7.28. The van der Waals surface area contributed by atoms with Gasteiger partial charge in [-0.1, -0.05) is 24.3 Å². The Balaban J connectivity index is 1.18. The number of fused-ring (bicyclic) bond motifs is 2. The molecule has 4 rings (SSSR count). The van der Waals surface area contributed by atoms with Crippen LogP contribution in [0.1, 0.15) is 41.4 Å². The molecule has 0 aromatic heterocycles. The molecule has 0 bridgehead atoms. The minimum absolute atomic E-state index is 0.128. The first-order valence-corrected chi connectivity index (χ1v) is 10.3. The first-order valence-electron chi connectivity index (χ1n) is 10.3. The van der Waals surface area contributed by atoms with Crippen molar-refractivity contribution in [3.8, 4) is 0 Å². The summed E-state index contributed by atoms with van der Waals surface area (Å²) in [4.78, 5) is 74.5. The van der Waals surface area contributed by atoms with Crippen molar-refractivity contribution in [2.45, 2.75) is 0 Å². The number of esters is 2. The number of amides is 4. The topological polar surface area (TPSA) is 127 Å². The predicted molar refractivity (Wildman–Crippen MR) is 115 cm³/mol. The normalized spacial score (nSPS) is 14.6. The van der Waals surface area contributed by atoms with Crippen LogP contribution >= 0.6 is 0 Å². The summed E-state index contributed by atoms with van der Waals surface area (Å²) in [5.41, 5.74) is 1.18. The van der Waals surface area contributed by atoms with E-state index in [0.717, 1.165) is 22.0 Å². The Bertz CT molecular complexity index is 1080. The minimum Gasteiger partial charge on any atom is -0.461 e. The second-order valence-electron chi connectivity index (χ2n) is 7.28. The molecule has 0 spiro atoms. The third kappa shape index (κ3) is 4.33. The van der Waals surface area contributed by atoms with E-state index in [0.29, 0.717) is 22.3 Å². The quantitative estimate of drug-likeness (QED) is 0.326. The zero-order valence-corrected chi connectivity index (χ0v) is 17.8. The molecule has 2 heterocycles. The van der Waals surface area contributed by atoms with Crippen LogP contribution in [0, 0.1) is 0 Å². The van der Waals surface area contributed by atoms with E-state index in [9.17, 15) is 28.8 Å². The molecule has 0 N–H and O–H groups in total. The highest BCUT2D eigenvalue weighted by Crippen LogP contribution is 2.23. The van der Waals surface area contributed by atoms with Gasteiger partial charge in [0.1, 0.15) is 13.2 Å². The molecule has 0 unspecified atom stereocenters. The molecule has 2 aromatic rings. The Morgan fingerprint density at radius 3 is 1.18 bits per heavy atom. The van der Waals surface area contributed by atoms with Gasteiger partial charge in [-0.15, -0.1) is 0 Å². The van der Waals surface area contributed by atoms with Crippen molar-refractivity contribution in [1.82, 2.24) is 9.80 Å². The molecule has 2 aromatic carbocycles. The number of hydrogen-bond donors (Lipinski definition) is 0. The Morgan fingerprint density at radius 2 is 0.882 bits per heavy atom. The van der Waals surface area contributed by atoms with Crippen LogP contribution in [-0.4, -0.2) is 71.7 Å². The lowest BCUT2D eigenvalue weighted by Crippen LogP contribution is -2.33. The van der Waals surface area contributed by atoms with E-state index in [1.54, 1.807) is 48.5 Å². The number of benzene rings is 2. The molecular formula is C24H18N2O8. The van der Waals surface area contributed by atoms with Gasteiger partial charge in [-0.05, 0) is 24.3 Å². The smallest absolute Gasteiger partial charge is 0.331 e. The molecule has 0 saturated carbocycles. The minimum atomic E-state index is -0.867. The standard InChI is InChI=1S/C24H18N2O8/c27-19(33-13-11-25-21(29)15-5-1-2-6-16(15)22(25)30)9-10-20(28)34-14-12-26-23(31)17-7-3-4-8-18(17)24(26)32/h1-10H,11-14H2. The van der Waals surface area contributed by atoms with Crippen LogP contribution in [0.15, 0.2) is 60.7 Å². The van der Waals surface area contributed by atoms with Crippen LogP contribution in [0.2, 0.25) is 0 Å². The van der Waals surface area contributed by atoms with Gasteiger partial charge in [-0.2, -0.15) is 0 Å². The lowest BCUT2D eigenvalue weighted by atomic mass is 10.1.